The molecule has 3 aromatic rings. The minimum absolute atomic E-state index is 0.243. The maximum absolute atomic E-state index is 13.9. The van der Waals surface area contributed by atoms with Gasteiger partial charge in [-0.15, -0.1) is 11.3 Å². The van der Waals surface area contributed by atoms with Crippen LogP contribution in [0, 0.1) is 6.92 Å². The van der Waals surface area contributed by atoms with E-state index in [4.69, 9.17) is 0 Å². The van der Waals surface area contributed by atoms with Gasteiger partial charge in [-0.1, -0.05) is 55.0 Å². The van der Waals surface area contributed by atoms with E-state index in [9.17, 15) is 19.2 Å². The highest BCUT2D eigenvalue weighted by Gasteiger charge is 2.36. The number of anilines is 1. The Labute approximate surface area is 221 Å². The van der Waals surface area contributed by atoms with Crippen molar-refractivity contribution in [3.63, 3.8) is 0 Å². The lowest BCUT2D eigenvalue weighted by Crippen LogP contribution is -2.52. The number of para-hydroxylation sites is 1. The van der Waals surface area contributed by atoms with Crippen LogP contribution in [0.1, 0.15) is 71.3 Å². The van der Waals surface area contributed by atoms with Crippen molar-refractivity contribution in [2.45, 2.75) is 52.6 Å². The smallest absolute Gasteiger partial charge is 0.261 e. The molecular weight excluding hydrogens is 486 g/mol. The van der Waals surface area contributed by atoms with Gasteiger partial charge in [0.2, 0.25) is 11.8 Å². The zero-order chi connectivity index (χ0) is 27.2. The minimum Gasteiger partial charge on any atom is -0.349 e. The molecule has 0 radical (unpaired) electrons. The molecule has 8 heteroatoms. The number of carbonyl (C=O) groups is 4. The van der Waals surface area contributed by atoms with Crippen LogP contribution < -0.4 is 15.5 Å². The number of carbonyl (C=O) groups excluding carboxylic acids is 4. The van der Waals surface area contributed by atoms with Gasteiger partial charge in [-0.05, 0) is 63.3 Å². The molecule has 0 bridgehead atoms. The van der Waals surface area contributed by atoms with Gasteiger partial charge in [-0.2, -0.15) is 0 Å². The van der Waals surface area contributed by atoms with E-state index in [-0.39, 0.29) is 24.1 Å². The van der Waals surface area contributed by atoms with Crippen LogP contribution >= 0.6 is 11.3 Å². The molecule has 0 saturated heterocycles. The fourth-order valence-electron chi connectivity index (χ4n) is 3.79. The van der Waals surface area contributed by atoms with E-state index < -0.39 is 17.5 Å². The Kier molecular flexibility index (Phi) is 8.99. The van der Waals surface area contributed by atoms with Crippen LogP contribution in [0.2, 0.25) is 0 Å². The van der Waals surface area contributed by atoms with Crippen LogP contribution in [-0.4, -0.2) is 35.6 Å². The SMILES string of the molecule is CCC(C)(C)NC(=O)[C@H](c1ccc(C)cc1)N(C(=O)CNC(=O)c1cccs1)c1ccccc1C(C)=O. The monoisotopic (exact) mass is 519 g/mol. The number of nitrogens with one attached hydrogen (secondary N) is 2. The molecule has 3 rings (SSSR count). The van der Waals surface area contributed by atoms with E-state index in [2.05, 4.69) is 10.6 Å². The molecule has 7 nitrogen and oxygen atoms in total. The molecule has 1 atom stereocenters. The Bertz CT molecular complexity index is 1270. The van der Waals surface area contributed by atoms with Crippen LogP contribution in [0.4, 0.5) is 5.69 Å². The molecule has 2 N–H and O–H groups in total. The van der Waals surface area contributed by atoms with E-state index in [1.807, 2.05) is 39.8 Å². The number of thiophene rings is 1. The van der Waals surface area contributed by atoms with Gasteiger partial charge in [-0.3, -0.25) is 24.1 Å². The average Bonchev–Trinajstić information content (AvgIpc) is 3.41. The van der Waals surface area contributed by atoms with Crippen molar-refractivity contribution in [3.05, 3.63) is 87.6 Å². The number of rotatable bonds is 10. The highest BCUT2D eigenvalue weighted by atomic mass is 32.1. The molecule has 0 aliphatic heterocycles. The molecule has 0 aliphatic carbocycles. The summed E-state index contributed by atoms with van der Waals surface area (Å²) < 4.78 is 0. The summed E-state index contributed by atoms with van der Waals surface area (Å²) in [7, 11) is 0. The topological polar surface area (TPSA) is 95.6 Å². The Morgan fingerprint density at radius 1 is 0.973 bits per heavy atom. The quantitative estimate of drug-likeness (QED) is 0.366. The van der Waals surface area contributed by atoms with Crippen LogP contribution in [0.3, 0.4) is 0 Å². The molecule has 1 aromatic heterocycles. The third-order valence-electron chi connectivity index (χ3n) is 6.20. The largest absolute Gasteiger partial charge is 0.349 e. The van der Waals surface area contributed by atoms with E-state index in [0.717, 1.165) is 5.56 Å². The second-order valence-electron chi connectivity index (χ2n) is 9.54. The van der Waals surface area contributed by atoms with Gasteiger partial charge >= 0.3 is 0 Å². The first-order valence-electron chi connectivity index (χ1n) is 12.2. The number of hydrogen-bond acceptors (Lipinski definition) is 5. The Hall–Kier alpha value is -3.78. The molecule has 1 heterocycles. The molecule has 0 unspecified atom stereocenters. The number of Topliss-reactive ketones (excluding diaryl/α,β-unsaturated/α-hetero) is 1. The highest BCUT2D eigenvalue weighted by Crippen LogP contribution is 2.32. The lowest BCUT2D eigenvalue weighted by atomic mass is 9.96. The lowest BCUT2D eigenvalue weighted by molar-refractivity contribution is -0.127. The number of aryl methyl sites for hydroxylation is 1. The Morgan fingerprint density at radius 2 is 1.65 bits per heavy atom. The average molecular weight is 520 g/mol. The molecule has 0 spiro atoms. The van der Waals surface area contributed by atoms with E-state index in [0.29, 0.717) is 28.1 Å². The zero-order valence-electron chi connectivity index (χ0n) is 21.8. The minimum atomic E-state index is -1.07. The van der Waals surface area contributed by atoms with Gasteiger partial charge in [0.15, 0.2) is 5.78 Å². The predicted molar refractivity (Wildman–Crippen MR) is 147 cm³/mol. The molecule has 2 aromatic carbocycles. The normalized spacial score (nSPS) is 11.9. The lowest BCUT2D eigenvalue weighted by Gasteiger charge is -2.35. The van der Waals surface area contributed by atoms with Crippen molar-refractivity contribution in [1.82, 2.24) is 10.6 Å². The third kappa shape index (κ3) is 6.92. The third-order valence-corrected chi connectivity index (χ3v) is 7.07. The molecular formula is C29H33N3O4S. The molecule has 0 fully saturated rings. The number of ketones is 1. The van der Waals surface area contributed by atoms with Crippen molar-refractivity contribution in [2.75, 3.05) is 11.4 Å². The first-order valence-corrected chi connectivity index (χ1v) is 13.0. The summed E-state index contributed by atoms with van der Waals surface area (Å²) in [4.78, 5) is 54.6. The number of hydrogen-bond donors (Lipinski definition) is 2. The zero-order valence-corrected chi connectivity index (χ0v) is 22.6. The van der Waals surface area contributed by atoms with Gasteiger partial charge in [0.05, 0.1) is 17.1 Å². The maximum Gasteiger partial charge on any atom is 0.261 e. The summed E-state index contributed by atoms with van der Waals surface area (Å²) in [6.45, 7) is 8.79. The molecule has 0 aliphatic rings. The second kappa shape index (κ2) is 12.0. The van der Waals surface area contributed by atoms with Gasteiger partial charge in [0, 0.05) is 11.1 Å². The highest BCUT2D eigenvalue weighted by molar-refractivity contribution is 7.12. The first kappa shape index (κ1) is 27.8. The van der Waals surface area contributed by atoms with Gasteiger partial charge in [0.1, 0.15) is 6.04 Å². The summed E-state index contributed by atoms with van der Waals surface area (Å²) in [6.07, 6.45) is 0.675. The van der Waals surface area contributed by atoms with Gasteiger partial charge in [0.25, 0.3) is 5.91 Å². The fourth-order valence-corrected chi connectivity index (χ4v) is 4.43. The summed E-state index contributed by atoms with van der Waals surface area (Å²) >= 11 is 1.27. The Morgan fingerprint density at radius 3 is 2.24 bits per heavy atom. The summed E-state index contributed by atoms with van der Waals surface area (Å²) in [5.41, 5.74) is 1.68. The van der Waals surface area contributed by atoms with Crippen molar-refractivity contribution in [3.8, 4) is 0 Å². The summed E-state index contributed by atoms with van der Waals surface area (Å²) in [5, 5.41) is 7.50. The summed E-state index contributed by atoms with van der Waals surface area (Å²) in [5.74, 6) is -1.53. The predicted octanol–water partition coefficient (Wildman–Crippen LogP) is 5.07. The molecule has 194 valence electrons. The summed E-state index contributed by atoms with van der Waals surface area (Å²) in [6, 6.07) is 16.4. The van der Waals surface area contributed by atoms with E-state index in [1.54, 1.807) is 53.9 Å². The molecule has 0 saturated carbocycles. The maximum atomic E-state index is 13.9. The number of nitrogens with zero attached hydrogens (tertiary/aromatic N) is 1. The van der Waals surface area contributed by atoms with Crippen molar-refractivity contribution in [1.29, 1.82) is 0 Å². The molecule has 3 amide bonds. The van der Waals surface area contributed by atoms with Crippen LogP contribution in [0.5, 0.6) is 0 Å². The van der Waals surface area contributed by atoms with Crippen molar-refractivity contribution >= 4 is 40.5 Å². The number of benzene rings is 2. The van der Waals surface area contributed by atoms with Crippen LogP contribution in [-0.2, 0) is 9.59 Å². The molecule has 37 heavy (non-hydrogen) atoms. The Balaban J connectivity index is 2.11. The van der Waals surface area contributed by atoms with E-state index in [1.165, 1.54) is 23.2 Å². The van der Waals surface area contributed by atoms with Crippen LogP contribution in [0.15, 0.2) is 66.0 Å². The van der Waals surface area contributed by atoms with Crippen LogP contribution in [0.25, 0.3) is 0 Å². The first-order chi connectivity index (χ1) is 17.5. The standard InChI is InChI=1S/C29H33N3O4S/c1-6-29(4,5)31-28(36)26(21-15-13-19(2)14-16-21)32(23-11-8-7-10-22(23)20(3)33)25(34)18-30-27(35)24-12-9-17-37-24/h7-17,26H,6,18H2,1-5H3,(H,30,35)(H,31,36)/t26-/m0/s1. The van der Waals surface area contributed by atoms with E-state index >= 15 is 0 Å². The fraction of sp³-hybridized carbons (Fsp3) is 0.310. The second-order valence-corrected chi connectivity index (χ2v) is 10.5. The number of amides is 3. The van der Waals surface area contributed by atoms with Gasteiger partial charge < -0.3 is 10.6 Å². The van der Waals surface area contributed by atoms with Crippen molar-refractivity contribution in [2.24, 2.45) is 0 Å². The van der Waals surface area contributed by atoms with Crippen molar-refractivity contribution < 1.29 is 19.2 Å². The van der Waals surface area contributed by atoms with Gasteiger partial charge in [-0.25, -0.2) is 0 Å².